The fourth-order valence-electron chi connectivity index (χ4n) is 2.59. The number of hydrogen-bond donors (Lipinski definition) is 0. The van der Waals surface area contributed by atoms with Gasteiger partial charge in [0.15, 0.2) is 0 Å². The molecule has 0 N–H and O–H groups in total. The molecule has 0 bridgehead atoms. The van der Waals surface area contributed by atoms with Crippen molar-refractivity contribution in [2.45, 2.75) is 20.0 Å². The van der Waals surface area contributed by atoms with Gasteiger partial charge in [-0.05, 0) is 37.1 Å². The lowest BCUT2D eigenvalue weighted by Crippen LogP contribution is -2.44. The Labute approximate surface area is 124 Å². The van der Waals surface area contributed by atoms with Crippen LogP contribution in [0.15, 0.2) is 47.5 Å². The van der Waals surface area contributed by atoms with Gasteiger partial charge in [-0.1, -0.05) is 30.3 Å². The Bertz CT molecular complexity index is 752. The minimum Gasteiger partial charge on any atom is -0.323 e. The predicted octanol–water partition coefficient (Wildman–Crippen LogP) is 2.75. The van der Waals surface area contributed by atoms with E-state index in [-0.39, 0.29) is 6.17 Å². The van der Waals surface area contributed by atoms with Crippen molar-refractivity contribution in [2.75, 3.05) is 10.8 Å². The minimum atomic E-state index is -0.0490. The lowest BCUT2D eigenvalue weighted by molar-refractivity contribution is 0.733. The first kappa shape index (κ1) is 13.2. The molecule has 102 valence electrons. The average molecular weight is 285 g/mol. The van der Waals surface area contributed by atoms with E-state index in [0.717, 1.165) is 11.0 Å². The molecule has 0 radical (unpaired) electrons. The number of alkyl halides is 1. The van der Waals surface area contributed by atoms with Gasteiger partial charge in [-0.2, -0.15) is 0 Å². The van der Waals surface area contributed by atoms with E-state index < -0.39 is 0 Å². The minimum absolute atomic E-state index is 0.0490. The number of rotatable bonds is 2. The van der Waals surface area contributed by atoms with E-state index in [1.165, 1.54) is 16.3 Å². The molecule has 3 heteroatoms. The molecule has 1 atom stereocenters. The predicted molar refractivity (Wildman–Crippen MR) is 84.6 cm³/mol. The zero-order chi connectivity index (χ0) is 14.1. The van der Waals surface area contributed by atoms with E-state index in [9.17, 15) is 0 Å². The number of anilines is 1. The van der Waals surface area contributed by atoms with Crippen LogP contribution in [0.4, 0.5) is 5.69 Å². The fraction of sp³-hybridized carbons (Fsp3) is 0.235. The Balaban J connectivity index is 2.22. The number of halogens is 1. The molecule has 0 fully saturated rings. The first-order valence-corrected chi connectivity index (χ1v) is 7.29. The molecule has 2 aromatic carbocycles. The van der Waals surface area contributed by atoms with Crippen LogP contribution in [-0.2, 0) is 0 Å². The third kappa shape index (κ3) is 2.20. The highest BCUT2D eigenvalue weighted by Crippen LogP contribution is 2.23. The van der Waals surface area contributed by atoms with Crippen LogP contribution in [0.1, 0.15) is 11.1 Å². The van der Waals surface area contributed by atoms with Crippen LogP contribution in [0.5, 0.6) is 0 Å². The first-order chi connectivity index (χ1) is 9.70. The van der Waals surface area contributed by atoms with E-state index in [2.05, 4.69) is 55.3 Å². The van der Waals surface area contributed by atoms with Gasteiger partial charge >= 0.3 is 0 Å². The number of benzene rings is 2. The smallest absolute Gasteiger partial charge is 0.139 e. The quantitative estimate of drug-likeness (QED) is 0.774. The van der Waals surface area contributed by atoms with Gasteiger partial charge in [0, 0.05) is 17.1 Å². The number of fused-ring (bicyclic) bond motifs is 1. The highest BCUT2D eigenvalue weighted by molar-refractivity contribution is 6.18. The lowest BCUT2D eigenvalue weighted by Gasteiger charge is -2.30. The van der Waals surface area contributed by atoms with Crippen LogP contribution in [0.3, 0.4) is 0 Å². The largest absolute Gasteiger partial charge is 0.323 e. The highest BCUT2D eigenvalue weighted by atomic mass is 35.5. The van der Waals surface area contributed by atoms with Crippen molar-refractivity contribution in [3.63, 3.8) is 0 Å². The zero-order valence-electron chi connectivity index (χ0n) is 11.7. The molecule has 1 heterocycles. The van der Waals surface area contributed by atoms with Crippen LogP contribution >= 0.6 is 11.6 Å². The molecule has 1 aliphatic heterocycles. The maximum Gasteiger partial charge on any atom is 0.139 e. The van der Waals surface area contributed by atoms with Crippen LogP contribution in [0.2, 0.25) is 0 Å². The summed E-state index contributed by atoms with van der Waals surface area (Å²) in [5.41, 5.74) is 3.62. The summed E-state index contributed by atoms with van der Waals surface area (Å²) in [6, 6.07) is 14.5. The van der Waals surface area contributed by atoms with E-state index in [0.29, 0.717) is 5.88 Å². The number of nitrogens with zero attached hydrogens (tertiary/aromatic N) is 2. The van der Waals surface area contributed by atoms with Crippen LogP contribution in [0.25, 0.3) is 6.20 Å². The summed E-state index contributed by atoms with van der Waals surface area (Å²) in [7, 11) is 0. The topological polar surface area (TPSA) is 15.6 Å². The lowest BCUT2D eigenvalue weighted by atomic mass is 10.1. The Morgan fingerprint density at radius 2 is 1.80 bits per heavy atom. The van der Waals surface area contributed by atoms with Crippen molar-refractivity contribution in [2.24, 2.45) is 4.99 Å². The van der Waals surface area contributed by atoms with Gasteiger partial charge in [0.2, 0.25) is 0 Å². The summed E-state index contributed by atoms with van der Waals surface area (Å²) < 4.78 is 0. The van der Waals surface area contributed by atoms with E-state index in [1.54, 1.807) is 0 Å². The summed E-state index contributed by atoms with van der Waals surface area (Å²) in [5, 5.41) is 2.21. The number of hydrogen-bond acceptors (Lipinski definition) is 2. The van der Waals surface area contributed by atoms with E-state index in [4.69, 9.17) is 16.6 Å². The summed E-state index contributed by atoms with van der Waals surface area (Å²) in [4.78, 5) is 6.96. The normalized spacial score (nSPS) is 17.1. The maximum absolute atomic E-state index is 6.13. The second-order valence-corrected chi connectivity index (χ2v) is 5.40. The Kier molecular flexibility index (Phi) is 3.49. The number of aryl methyl sites for hydroxylation is 2. The van der Waals surface area contributed by atoms with Gasteiger partial charge in [-0.15, -0.1) is 11.6 Å². The van der Waals surface area contributed by atoms with Gasteiger partial charge in [0.05, 0.1) is 11.2 Å². The monoisotopic (exact) mass is 284 g/mol. The van der Waals surface area contributed by atoms with Crippen molar-refractivity contribution in [1.82, 2.24) is 0 Å². The standard InChI is InChI=1S/C17H17ClN2/c1-12-7-5-8-15-14(12)11-20(17(10-18)19-15)16-9-4-3-6-13(16)2/h3-9,11,17H,10H2,1-2H3. The van der Waals surface area contributed by atoms with Crippen molar-refractivity contribution in [1.29, 1.82) is 0 Å². The van der Waals surface area contributed by atoms with Crippen molar-refractivity contribution >= 4 is 23.5 Å². The molecule has 2 aromatic rings. The third-order valence-corrected chi connectivity index (χ3v) is 3.99. The van der Waals surface area contributed by atoms with Gasteiger partial charge in [-0.3, -0.25) is 4.99 Å². The summed E-state index contributed by atoms with van der Waals surface area (Å²) >= 11 is 6.13. The molecule has 0 aromatic heterocycles. The molecule has 0 amide bonds. The zero-order valence-corrected chi connectivity index (χ0v) is 12.4. The molecule has 3 rings (SSSR count). The van der Waals surface area contributed by atoms with Crippen LogP contribution in [-0.4, -0.2) is 12.0 Å². The molecule has 0 saturated heterocycles. The second kappa shape index (κ2) is 5.29. The Morgan fingerprint density at radius 1 is 1.05 bits per heavy atom. The van der Waals surface area contributed by atoms with E-state index in [1.807, 2.05) is 12.1 Å². The molecule has 1 aliphatic rings. The van der Waals surface area contributed by atoms with Crippen molar-refractivity contribution in [3.05, 3.63) is 64.2 Å². The molecule has 20 heavy (non-hydrogen) atoms. The fourth-order valence-corrected chi connectivity index (χ4v) is 2.80. The molecule has 2 nitrogen and oxygen atoms in total. The molecule has 0 spiro atoms. The summed E-state index contributed by atoms with van der Waals surface area (Å²) in [6.45, 7) is 4.23. The molecular weight excluding hydrogens is 268 g/mol. The summed E-state index contributed by atoms with van der Waals surface area (Å²) in [6.07, 6.45) is 2.12. The average Bonchev–Trinajstić information content (AvgIpc) is 2.47. The van der Waals surface area contributed by atoms with E-state index >= 15 is 0 Å². The molecule has 0 saturated carbocycles. The Hall–Kier alpha value is -1.80. The first-order valence-electron chi connectivity index (χ1n) is 6.76. The Morgan fingerprint density at radius 3 is 2.55 bits per heavy atom. The molecular formula is C17H17ClN2. The van der Waals surface area contributed by atoms with Gasteiger partial charge < -0.3 is 4.90 Å². The molecule has 0 aliphatic carbocycles. The maximum atomic E-state index is 6.13. The molecule has 1 unspecified atom stereocenters. The third-order valence-electron chi connectivity index (χ3n) is 3.71. The SMILES string of the molecule is Cc1ccccc1N1C=c2c(C)cccc2=NC1CCl. The van der Waals surface area contributed by atoms with Gasteiger partial charge in [0.25, 0.3) is 0 Å². The van der Waals surface area contributed by atoms with Crippen LogP contribution < -0.4 is 15.5 Å². The van der Waals surface area contributed by atoms with Crippen LogP contribution in [0, 0.1) is 13.8 Å². The highest BCUT2D eigenvalue weighted by Gasteiger charge is 2.19. The summed E-state index contributed by atoms with van der Waals surface area (Å²) in [5.74, 6) is 0.470. The van der Waals surface area contributed by atoms with Crippen molar-refractivity contribution < 1.29 is 0 Å². The van der Waals surface area contributed by atoms with Crippen molar-refractivity contribution in [3.8, 4) is 0 Å². The number of para-hydroxylation sites is 1. The van der Waals surface area contributed by atoms with Gasteiger partial charge in [0.1, 0.15) is 6.17 Å². The second-order valence-electron chi connectivity index (χ2n) is 5.09. The van der Waals surface area contributed by atoms with Gasteiger partial charge in [-0.25, -0.2) is 0 Å².